The van der Waals surface area contributed by atoms with Crippen LogP contribution in [0.4, 0.5) is 0 Å². The van der Waals surface area contributed by atoms with Gasteiger partial charge in [0.15, 0.2) is 11.0 Å². The lowest BCUT2D eigenvalue weighted by Gasteiger charge is -2.20. The third-order valence-electron chi connectivity index (χ3n) is 4.10. The van der Waals surface area contributed by atoms with E-state index in [0.29, 0.717) is 11.0 Å². The van der Waals surface area contributed by atoms with E-state index in [1.807, 2.05) is 65.2 Å². The van der Waals surface area contributed by atoms with Gasteiger partial charge in [-0.25, -0.2) is 0 Å². The summed E-state index contributed by atoms with van der Waals surface area (Å²) in [5, 5.41) is 27.5. The minimum absolute atomic E-state index is 0.139. The largest absolute Gasteiger partial charge is 0.395 e. The highest BCUT2D eigenvalue weighted by Crippen LogP contribution is 2.27. The van der Waals surface area contributed by atoms with Gasteiger partial charge in [-0.05, 0) is 12.1 Å². The number of carbonyl (C=O) groups excluding carboxylic acids is 1. The lowest BCUT2D eigenvalue weighted by molar-refractivity contribution is -0.129. The number of aromatic nitrogens is 3. The van der Waals surface area contributed by atoms with Gasteiger partial charge in [0.25, 0.3) is 0 Å². The van der Waals surface area contributed by atoms with Crippen molar-refractivity contribution >= 4 is 17.7 Å². The molecule has 28 heavy (non-hydrogen) atoms. The average Bonchev–Trinajstić information content (AvgIpc) is 3.17. The zero-order valence-electron chi connectivity index (χ0n) is 15.3. The molecule has 3 rings (SSSR count). The Morgan fingerprint density at radius 1 is 0.929 bits per heavy atom. The molecule has 0 aliphatic rings. The van der Waals surface area contributed by atoms with Crippen molar-refractivity contribution in [2.45, 2.75) is 5.16 Å². The average molecular weight is 398 g/mol. The Kier molecular flexibility index (Phi) is 7.18. The second-order valence-corrected chi connectivity index (χ2v) is 6.90. The highest BCUT2D eigenvalue weighted by molar-refractivity contribution is 7.99. The number of rotatable bonds is 9. The molecule has 0 atom stereocenters. The maximum atomic E-state index is 12.4. The number of aliphatic hydroxyl groups is 2. The quantitative estimate of drug-likeness (QED) is 0.535. The molecule has 2 N–H and O–H groups in total. The highest BCUT2D eigenvalue weighted by atomic mass is 32.2. The van der Waals surface area contributed by atoms with Gasteiger partial charge in [-0.2, -0.15) is 0 Å². The second-order valence-electron chi connectivity index (χ2n) is 5.96. The number of nitrogens with zero attached hydrogens (tertiary/aromatic N) is 4. The van der Waals surface area contributed by atoms with Gasteiger partial charge < -0.3 is 15.1 Å². The Hall–Kier alpha value is -2.68. The van der Waals surface area contributed by atoms with Crippen LogP contribution in [0.1, 0.15) is 0 Å². The third-order valence-corrected chi connectivity index (χ3v) is 5.01. The zero-order chi connectivity index (χ0) is 19.8. The van der Waals surface area contributed by atoms with E-state index in [1.165, 1.54) is 16.7 Å². The van der Waals surface area contributed by atoms with Crippen molar-refractivity contribution in [3.8, 4) is 17.1 Å². The molecule has 0 aliphatic carbocycles. The summed E-state index contributed by atoms with van der Waals surface area (Å²) < 4.78 is 1.93. The normalized spacial score (nSPS) is 10.8. The Morgan fingerprint density at radius 3 is 2.14 bits per heavy atom. The molecule has 7 nitrogen and oxygen atoms in total. The standard InChI is InChI=1S/C20H22N4O3S/c25-13-11-23(12-14-26)18(27)15-28-20-22-21-19(16-7-3-1-4-8-16)24(20)17-9-5-2-6-10-17/h1-10,25-26H,11-15H2. The van der Waals surface area contributed by atoms with E-state index in [1.54, 1.807) is 0 Å². The van der Waals surface area contributed by atoms with E-state index in [9.17, 15) is 4.79 Å². The molecule has 0 unspecified atom stereocenters. The topological polar surface area (TPSA) is 91.5 Å². The number of hydrogen-bond donors (Lipinski definition) is 2. The lowest BCUT2D eigenvalue weighted by atomic mass is 10.2. The van der Waals surface area contributed by atoms with Gasteiger partial charge in [-0.1, -0.05) is 60.3 Å². The molecule has 8 heteroatoms. The first-order valence-electron chi connectivity index (χ1n) is 8.93. The molecule has 0 bridgehead atoms. The number of thioether (sulfide) groups is 1. The SMILES string of the molecule is O=C(CSc1nnc(-c2ccccc2)n1-c1ccccc1)N(CCO)CCO. The van der Waals surface area contributed by atoms with E-state index in [0.717, 1.165) is 11.3 Å². The van der Waals surface area contributed by atoms with Crippen LogP contribution in [0.5, 0.6) is 0 Å². The smallest absolute Gasteiger partial charge is 0.233 e. The van der Waals surface area contributed by atoms with Gasteiger partial charge >= 0.3 is 0 Å². The fraction of sp³-hybridized carbons (Fsp3) is 0.250. The molecule has 1 heterocycles. The molecule has 0 radical (unpaired) electrons. The van der Waals surface area contributed by atoms with Gasteiger partial charge in [0.05, 0.1) is 19.0 Å². The van der Waals surface area contributed by atoms with Crippen LogP contribution < -0.4 is 0 Å². The monoisotopic (exact) mass is 398 g/mol. The molecular formula is C20H22N4O3S. The maximum absolute atomic E-state index is 12.4. The minimum atomic E-state index is -0.169. The molecule has 0 fully saturated rings. The van der Waals surface area contributed by atoms with Crippen LogP contribution in [0.3, 0.4) is 0 Å². The second kappa shape index (κ2) is 10.0. The third kappa shape index (κ3) is 4.78. The van der Waals surface area contributed by atoms with Crippen LogP contribution in [-0.4, -0.2) is 67.8 Å². The van der Waals surface area contributed by atoms with Crippen molar-refractivity contribution < 1.29 is 15.0 Å². The van der Waals surface area contributed by atoms with Crippen molar-refractivity contribution in [2.24, 2.45) is 0 Å². The van der Waals surface area contributed by atoms with Crippen LogP contribution in [-0.2, 0) is 4.79 Å². The first-order valence-corrected chi connectivity index (χ1v) is 9.91. The van der Waals surface area contributed by atoms with Crippen molar-refractivity contribution in [3.63, 3.8) is 0 Å². The van der Waals surface area contributed by atoms with Gasteiger partial charge in [0, 0.05) is 24.3 Å². The summed E-state index contributed by atoms with van der Waals surface area (Å²) in [6.07, 6.45) is 0. The zero-order valence-corrected chi connectivity index (χ0v) is 16.1. The van der Waals surface area contributed by atoms with E-state index in [-0.39, 0.29) is 38.0 Å². The first kappa shape index (κ1) is 20.1. The molecule has 1 amide bonds. The van der Waals surface area contributed by atoms with Crippen LogP contribution in [0.15, 0.2) is 65.8 Å². The number of hydrogen-bond acceptors (Lipinski definition) is 6. The summed E-state index contributed by atoms with van der Waals surface area (Å²) in [5.41, 5.74) is 1.84. The Morgan fingerprint density at radius 2 is 1.54 bits per heavy atom. The predicted molar refractivity (Wildman–Crippen MR) is 108 cm³/mol. The summed E-state index contributed by atoms with van der Waals surface area (Å²) in [4.78, 5) is 13.9. The van der Waals surface area contributed by atoms with E-state index in [2.05, 4.69) is 10.2 Å². The van der Waals surface area contributed by atoms with Crippen LogP contribution in [0.25, 0.3) is 17.1 Å². The van der Waals surface area contributed by atoms with Crippen molar-refractivity contribution in [2.75, 3.05) is 32.1 Å². The number of carbonyl (C=O) groups is 1. The molecule has 146 valence electrons. The number of aliphatic hydroxyl groups excluding tert-OH is 2. The van der Waals surface area contributed by atoms with E-state index < -0.39 is 0 Å². The molecule has 1 aromatic heterocycles. The molecule has 0 saturated carbocycles. The molecule has 3 aromatic rings. The summed E-state index contributed by atoms with van der Waals surface area (Å²) in [5.74, 6) is 0.668. The predicted octanol–water partition coefficient (Wildman–Crippen LogP) is 1.84. The van der Waals surface area contributed by atoms with E-state index >= 15 is 0 Å². The van der Waals surface area contributed by atoms with Crippen LogP contribution >= 0.6 is 11.8 Å². The van der Waals surface area contributed by atoms with Crippen molar-refractivity contribution in [1.82, 2.24) is 19.7 Å². The first-order chi connectivity index (χ1) is 13.7. The fourth-order valence-electron chi connectivity index (χ4n) is 2.77. The van der Waals surface area contributed by atoms with Crippen molar-refractivity contribution in [3.05, 3.63) is 60.7 Å². The summed E-state index contributed by atoms with van der Waals surface area (Å²) >= 11 is 1.28. The van der Waals surface area contributed by atoms with Gasteiger partial charge in [0.1, 0.15) is 0 Å². The summed E-state index contributed by atoms with van der Waals surface area (Å²) in [6.45, 7) is 0.102. The summed E-state index contributed by atoms with van der Waals surface area (Å²) in [7, 11) is 0. The number of benzene rings is 2. The van der Waals surface area contributed by atoms with Crippen molar-refractivity contribution in [1.29, 1.82) is 0 Å². The van der Waals surface area contributed by atoms with Gasteiger partial charge in [-0.3, -0.25) is 9.36 Å². The molecule has 0 spiro atoms. The molecule has 0 saturated heterocycles. The number of amides is 1. The minimum Gasteiger partial charge on any atom is -0.395 e. The Labute approximate surface area is 167 Å². The van der Waals surface area contributed by atoms with Gasteiger partial charge in [0.2, 0.25) is 5.91 Å². The summed E-state index contributed by atoms with van der Waals surface area (Å²) in [6, 6.07) is 19.5. The maximum Gasteiger partial charge on any atom is 0.233 e. The van der Waals surface area contributed by atoms with Gasteiger partial charge in [-0.15, -0.1) is 10.2 Å². The number of para-hydroxylation sites is 1. The fourth-order valence-corrected chi connectivity index (χ4v) is 3.62. The lowest BCUT2D eigenvalue weighted by Crippen LogP contribution is -2.37. The Bertz CT molecular complexity index is 881. The molecule has 2 aromatic carbocycles. The highest BCUT2D eigenvalue weighted by Gasteiger charge is 2.19. The molecule has 0 aliphatic heterocycles. The molecular weight excluding hydrogens is 376 g/mol. The van der Waals surface area contributed by atoms with Crippen LogP contribution in [0, 0.1) is 0 Å². The van der Waals surface area contributed by atoms with E-state index in [4.69, 9.17) is 10.2 Å². The Balaban J connectivity index is 1.87. The van der Waals surface area contributed by atoms with Crippen LogP contribution in [0.2, 0.25) is 0 Å².